The highest BCUT2D eigenvalue weighted by atomic mass is 32.2. The first-order chi connectivity index (χ1) is 9.12. The third-order valence-electron chi connectivity index (χ3n) is 2.35. The predicted octanol–water partition coefficient (Wildman–Crippen LogP) is 1.71. The van der Waals surface area contributed by atoms with Crippen molar-refractivity contribution in [3.63, 3.8) is 0 Å². The molecule has 0 saturated carbocycles. The van der Waals surface area contributed by atoms with Crippen molar-refractivity contribution in [2.24, 2.45) is 0 Å². The number of ether oxygens (including phenoxy) is 2. The van der Waals surface area contributed by atoms with Crippen LogP contribution >= 0.6 is 11.8 Å². The van der Waals surface area contributed by atoms with Gasteiger partial charge in [0, 0.05) is 4.90 Å². The third-order valence-corrected chi connectivity index (χ3v) is 3.08. The molecule has 1 rings (SSSR count). The van der Waals surface area contributed by atoms with Gasteiger partial charge in [0.2, 0.25) is 0 Å². The molecule has 0 aliphatic carbocycles. The highest BCUT2D eigenvalue weighted by molar-refractivity contribution is 7.98. The van der Waals surface area contributed by atoms with Crippen LogP contribution in [0.1, 0.15) is 17.3 Å². The van der Waals surface area contributed by atoms with Crippen molar-refractivity contribution in [2.75, 3.05) is 26.5 Å². The summed E-state index contributed by atoms with van der Waals surface area (Å²) < 4.78 is 9.91. The van der Waals surface area contributed by atoms with Crippen molar-refractivity contribution >= 4 is 23.6 Å². The SMILES string of the molecule is CCOC(=O)CNC(=O)c1ccc(SC)cc1OC. The number of rotatable bonds is 6. The molecule has 104 valence electrons. The summed E-state index contributed by atoms with van der Waals surface area (Å²) >= 11 is 1.56. The lowest BCUT2D eigenvalue weighted by Gasteiger charge is -2.10. The molecule has 0 unspecified atom stereocenters. The molecule has 1 amide bonds. The molecule has 0 heterocycles. The molecule has 0 atom stereocenters. The first kappa shape index (κ1) is 15.4. The molecule has 0 aliphatic heterocycles. The average molecular weight is 283 g/mol. The Morgan fingerprint density at radius 1 is 1.37 bits per heavy atom. The maximum atomic E-state index is 11.9. The van der Waals surface area contributed by atoms with Crippen LogP contribution in [-0.4, -0.2) is 38.4 Å². The van der Waals surface area contributed by atoms with E-state index in [1.807, 2.05) is 12.3 Å². The van der Waals surface area contributed by atoms with Crippen LogP contribution in [0.15, 0.2) is 23.1 Å². The summed E-state index contributed by atoms with van der Waals surface area (Å²) in [6.07, 6.45) is 1.94. The van der Waals surface area contributed by atoms with Gasteiger partial charge in [-0.25, -0.2) is 0 Å². The summed E-state index contributed by atoms with van der Waals surface area (Å²) in [6.45, 7) is 1.85. The normalized spacial score (nSPS) is 9.84. The Morgan fingerprint density at radius 3 is 2.68 bits per heavy atom. The van der Waals surface area contributed by atoms with Gasteiger partial charge in [-0.3, -0.25) is 9.59 Å². The average Bonchev–Trinajstić information content (AvgIpc) is 2.44. The first-order valence-corrected chi connectivity index (χ1v) is 7.00. The van der Waals surface area contributed by atoms with Crippen LogP contribution in [0, 0.1) is 0 Å². The lowest BCUT2D eigenvalue weighted by Crippen LogP contribution is -2.30. The molecule has 0 fully saturated rings. The van der Waals surface area contributed by atoms with Crippen LogP contribution in [0.25, 0.3) is 0 Å². The van der Waals surface area contributed by atoms with E-state index in [9.17, 15) is 9.59 Å². The minimum absolute atomic E-state index is 0.153. The Morgan fingerprint density at radius 2 is 2.11 bits per heavy atom. The molecule has 0 radical (unpaired) electrons. The highest BCUT2D eigenvalue weighted by Gasteiger charge is 2.14. The predicted molar refractivity (Wildman–Crippen MR) is 73.7 cm³/mol. The molecule has 5 nitrogen and oxygen atoms in total. The molecular formula is C13H17NO4S. The van der Waals surface area contributed by atoms with Crippen molar-refractivity contribution in [1.82, 2.24) is 5.32 Å². The number of amides is 1. The van der Waals surface area contributed by atoms with Crippen LogP contribution in [-0.2, 0) is 9.53 Å². The second kappa shape index (κ2) is 7.68. The molecule has 1 aromatic rings. The number of methoxy groups -OCH3 is 1. The third kappa shape index (κ3) is 4.48. The highest BCUT2D eigenvalue weighted by Crippen LogP contribution is 2.25. The van der Waals surface area contributed by atoms with Crippen LogP contribution in [0.2, 0.25) is 0 Å². The summed E-state index contributed by atoms with van der Waals surface area (Å²) in [5.74, 6) is -0.346. The van der Waals surface area contributed by atoms with Crippen molar-refractivity contribution in [2.45, 2.75) is 11.8 Å². The number of carbonyl (C=O) groups excluding carboxylic acids is 2. The van der Waals surface area contributed by atoms with Crippen LogP contribution in [0.5, 0.6) is 5.75 Å². The minimum atomic E-state index is -0.462. The van der Waals surface area contributed by atoms with Gasteiger partial charge in [-0.15, -0.1) is 11.8 Å². The number of carbonyl (C=O) groups is 2. The van der Waals surface area contributed by atoms with Crippen molar-refractivity contribution in [3.8, 4) is 5.75 Å². The standard InChI is InChI=1S/C13H17NO4S/c1-4-18-12(15)8-14-13(16)10-6-5-9(19-3)7-11(10)17-2/h5-7H,4,8H2,1-3H3,(H,14,16). The Labute approximate surface area is 116 Å². The maximum absolute atomic E-state index is 11.9. The van der Waals surface area contributed by atoms with E-state index in [4.69, 9.17) is 9.47 Å². The Hall–Kier alpha value is -1.69. The summed E-state index contributed by atoms with van der Waals surface area (Å²) in [5, 5.41) is 2.50. The largest absolute Gasteiger partial charge is 0.496 e. The Balaban J connectivity index is 2.73. The fraction of sp³-hybridized carbons (Fsp3) is 0.385. The summed E-state index contributed by atoms with van der Waals surface area (Å²) in [6, 6.07) is 5.28. The van der Waals surface area contributed by atoms with Gasteiger partial charge in [0.25, 0.3) is 5.91 Å². The fourth-order valence-corrected chi connectivity index (χ4v) is 1.87. The second-order valence-electron chi connectivity index (χ2n) is 3.55. The Bertz CT molecular complexity index is 462. The maximum Gasteiger partial charge on any atom is 0.325 e. The minimum Gasteiger partial charge on any atom is -0.496 e. The lowest BCUT2D eigenvalue weighted by molar-refractivity contribution is -0.141. The zero-order chi connectivity index (χ0) is 14.3. The monoisotopic (exact) mass is 283 g/mol. The van der Waals surface area contributed by atoms with Gasteiger partial charge >= 0.3 is 5.97 Å². The molecule has 6 heteroatoms. The lowest BCUT2D eigenvalue weighted by atomic mass is 10.2. The Kier molecular flexibility index (Phi) is 6.21. The number of thioether (sulfide) groups is 1. The van der Waals surface area contributed by atoms with Gasteiger partial charge in [-0.1, -0.05) is 0 Å². The van der Waals surface area contributed by atoms with Gasteiger partial charge in [0.15, 0.2) is 0 Å². The topological polar surface area (TPSA) is 64.6 Å². The molecule has 0 bridgehead atoms. The van der Waals surface area contributed by atoms with E-state index in [2.05, 4.69) is 5.32 Å². The van der Waals surface area contributed by atoms with E-state index < -0.39 is 5.97 Å². The van der Waals surface area contributed by atoms with E-state index in [1.165, 1.54) is 7.11 Å². The number of hydrogen-bond donors (Lipinski definition) is 1. The molecule has 0 spiro atoms. The summed E-state index contributed by atoms with van der Waals surface area (Å²) in [5.41, 5.74) is 0.393. The van der Waals surface area contributed by atoms with Gasteiger partial charge in [0.1, 0.15) is 12.3 Å². The molecule has 0 aliphatic rings. The van der Waals surface area contributed by atoms with Gasteiger partial charge < -0.3 is 14.8 Å². The van der Waals surface area contributed by atoms with Crippen molar-refractivity contribution in [3.05, 3.63) is 23.8 Å². The summed E-state index contributed by atoms with van der Waals surface area (Å²) in [7, 11) is 1.50. The van der Waals surface area contributed by atoms with Crippen LogP contribution in [0.4, 0.5) is 0 Å². The van der Waals surface area contributed by atoms with Crippen molar-refractivity contribution in [1.29, 1.82) is 0 Å². The molecule has 19 heavy (non-hydrogen) atoms. The smallest absolute Gasteiger partial charge is 0.325 e. The van der Waals surface area contributed by atoms with Gasteiger partial charge in [-0.2, -0.15) is 0 Å². The zero-order valence-corrected chi connectivity index (χ0v) is 12.0. The van der Waals surface area contributed by atoms with Crippen molar-refractivity contribution < 1.29 is 19.1 Å². The number of hydrogen-bond acceptors (Lipinski definition) is 5. The molecule has 1 aromatic carbocycles. The fourth-order valence-electron chi connectivity index (χ4n) is 1.45. The van der Waals surface area contributed by atoms with Gasteiger partial charge in [-0.05, 0) is 31.4 Å². The van der Waals surface area contributed by atoms with E-state index in [1.54, 1.807) is 30.8 Å². The van der Waals surface area contributed by atoms with E-state index in [-0.39, 0.29) is 12.5 Å². The number of esters is 1. The second-order valence-corrected chi connectivity index (χ2v) is 4.43. The van der Waals surface area contributed by atoms with E-state index in [0.717, 1.165) is 4.90 Å². The van der Waals surface area contributed by atoms with E-state index in [0.29, 0.717) is 17.9 Å². The molecule has 0 saturated heterocycles. The summed E-state index contributed by atoms with van der Waals surface area (Å²) in [4.78, 5) is 24.1. The molecule has 1 N–H and O–H groups in total. The van der Waals surface area contributed by atoms with Crippen LogP contribution in [0.3, 0.4) is 0 Å². The van der Waals surface area contributed by atoms with E-state index >= 15 is 0 Å². The first-order valence-electron chi connectivity index (χ1n) is 5.78. The number of benzene rings is 1. The quantitative estimate of drug-likeness (QED) is 0.636. The molecular weight excluding hydrogens is 266 g/mol. The zero-order valence-electron chi connectivity index (χ0n) is 11.2. The van der Waals surface area contributed by atoms with Gasteiger partial charge in [0.05, 0.1) is 19.3 Å². The van der Waals surface area contributed by atoms with Crippen LogP contribution < -0.4 is 10.1 Å². The number of nitrogens with one attached hydrogen (secondary N) is 1. The molecule has 0 aromatic heterocycles.